The Hall–Kier alpha value is -1.29. The van der Waals surface area contributed by atoms with Crippen molar-refractivity contribution in [3.63, 3.8) is 0 Å². The van der Waals surface area contributed by atoms with Crippen LogP contribution in [-0.2, 0) is 0 Å². The highest BCUT2D eigenvalue weighted by molar-refractivity contribution is 9.10. The minimum atomic E-state index is 0.217. The largest absolute Gasteiger partial charge is 0.428 e. The van der Waals surface area contributed by atoms with Crippen molar-refractivity contribution in [2.75, 3.05) is 5.73 Å². The molecule has 0 aliphatic rings. The molecule has 2 rings (SSSR count). The summed E-state index contributed by atoms with van der Waals surface area (Å²) in [5.41, 5.74) is 7.44. The van der Waals surface area contributed by atoms with Gasteiger partial charge in [-0.3, -0.25) is 0 Å². The minimum Gasteiger partial charge on any atom is -0.428 e. The van der Waals surface area contributed by atoms with Crippen LogP contribution in [0.15, 0.2) is 33.2 Å². The van der Waals surface area contributed by atoms with Crippen LogP contribution in [0.5, 0.6) is 0 Å². The van der Waals surface area contributed by atoms with Crippen LogP contribution >= 0.6 is 15.9 Å². The van der Waals surface area contributed by atoms with Gasteiger partial charge in [0.25, 0.3) is 6.01 Å². The Morgan fingerprint density at radius 1 is 1.31 bits per heavy atom. The quantitative estimate of drug-likeness (QED) is 0.910. The van der Waals surface area contributed by atoms with Crippen LogP contribution in [0.4, 0.5) is 6.01 Å². The summed E-state index contributed by atoms with van der Waals surface area (Å²) in [7, 11) is 0. The van der Waals surface area contributed by atoms with Crippen molar-refractivity contribution in [1.29, 1.82) is 0 Å². The van der Waals surface area contributed by atoms with Gasteiger partial charge in [-0.2, -0.15) is 4.98 Å². The van der Waals surface area contributed by atoms with Gasteiger partial charge in [-0.1, -0.05) is 48.0 Å². The van der Waals surface area contributed by atoms with Crippen molar-refractivity contribution in [2.24, 2.45) is 0 Å². The topological polar surface area (TPSA) is 52.0 Å². The molecule has 0 radical (unpaired) electrons. The first-order valence-corrected chi connectivity index (χ1v) is 5.90. The number of anilines is 1. The van der Waals surface area contributed by atoms with Crippen molar-refractivity contribution < 1.29 is 4.42 Å². The van der Waals surface area contributed by atoms with E-state index in [4.69, 9.17) is 10.2 Å². The highest BCUT2D eigenvalue weighted by Gasteiger charge is 2.17. The zero-order chi connectivity index (χ0) is 11.7. The van der Waals surface area contributed by atoms with Crippen molar-refractivity contribution in [2.45, 2.75) is 19.8 Å². The fraction of sp³-hybridized carbons (Fsp3) is 0.250. The van der Waals surface area contributed by atoms with Gasteiger partial charge in [-0.05, 0) is 6.07 Å². The molecule has 0 saturated carbocycles. The van der Waals surface area contributed by atoms with E-state index in [1.165, 1.54) is 0 Å². The highest BCUT2D eigenvalue weighted by Crippen LogP contribution is 2.34. The zero-order valence-corrected chi connectivity index (χ0v) is 10.8. The summed E-state index contributed by atoms with van der Waals surface area (Å²) < 4.78 is 6.42. The van der Waals surface area contributed by atoms with Crippen LogP contribution in [0.3, 0.4) is 0 Å². The van der Waals surface area contributed by atoms with E-state index in [0.29, 0.717) is 0 Å². The molecule has 2 N–H and O–H groups in total. The zero-order valence-electron chi connectivity index (χ0n) is 9.20. The molecule has 0 unspecified atom stereocenters. The maximum Gasteiger partial charge on any atom is 0.292 e. The number of hydrogen-bond donors (Lipinski definition) is 1. The molecule has 0 spiro atoms. The van der Waals surface area contributed by atoms with Crippen molar-refractivity contribution >= 4 is 21.9 Å². The molecule has 2 aromatic rings. The first kappa shape index (κ1) is 11.2. The molecule has 1 heterocycles. The van der Waals surface area contributed by atoms with Crippen molar-refractivity contribution in [3.05, 3.63) is 34.5 Å². The number of nitrogen functional groups attached to an aromatic ring is 1. The third-order valence-corrected chi connectivity index (χ3v) is 3.01. The molecule has 0 bridgehead atoms. The summed E-state index contributed by atoms with van der Waals surface area (Å²) >= 11 is 3.50. The number of oxazole rings is 1. The molecule has 3 nitrogen and oxygen atoms in total. The average Bonchev–Trinajstić information content (AvgIpc) is 2.61. The first-order valence-electron chi connectivity index (χ1n) is 5.10. The van der Waals surface area contributed by atoms with E-state index in [1.807, 2.05) is 24.3 Å². The Labute approximate surface area is 103 Å². The third-order valence-electron chi connectivity index (χ3n) is 2.32. The molecule has 0 saturated heterocycles. The molecule has 16 heavy (non-hydrogen) atoms. The number of benzene rings is 1. The third kappa shape index (κ3) is 1.97. The number of hydrogen-bond acceptors (Lipinski definition) is 3. The van der Waals surface area contributed by atoms with Crippen LogP contribution < -0.4 is 5.73 Å². The lowest BCUT2D eigenvalue weighted by Gasteiger charge is -2.05. The number of aromatic nitrogens is 1. The van der Waals surface area contributed by atoms with Crippen LogP contribution in [0.25, 0.3) is 11.3 Å². The van der Waals surface area contributed by atoms with E-state index in [2.05, 4.69) is 34.8 Å². The Bertz CT molecular complexity index is 505. The minimum absolute atomic E-state index is 0.217. The van der Waals surface area contributed by atoms with Gasteiger partial charge in [0.1, 0.15) is 11.5 Å². The lowest BCUT2D eigenvalue weighted by molar-refractivity contribution is 0.500. The Morgan fingerprint density at radius 2 is 2.00 bits per heavy atom. The molecule has 0 aliphatic heterocycles. The summed E-state index contributed by atoms with van der Waals surface area (Å²) in [5, 5.41) is 0. The standard InChI is InChI=1S/C12H13BrN2O/c1-7(2)11-10(15-12(14)16-11)8-5-3-4-6-9(8)13/h3-7H,1-2H3,(H2,14,15). The Morgan fingerprint density at radius 3 is 2.62 bits per heavy atom. The fourth-order valence-corrected chi connectivity index (χ4v) is 2.06. The van der Waals surface area contributed by atoms with E-state index < -0.39 is 0 Å². The Balaban J connectivity index is 2.60. The number of rotatable bonds is 2. The van der Waals surface area contributed by atoms with Crippen LogP contribution in [0.1, 0.15) is 25.5 Å². The van der Waals surface area contributed by atoms with Crippen LogP contribution in [0, 0.1) is 0 Å². The summed E-state index contributed by atoms with van der Waals surface area (Å²) in [4.78, 5) is 4.24. The van der Waals surface area contributed by atoms with E-state index in [1.54, 1.807) is 0 Å². The smallest absolute Gasteiger partial charge is 0.292 e. The second-order valence-corrected chi connectivity index (χ2v) is 4.75. The van der Waals surface area contributed by atoms with Gasteiger partial charge in [0.15, 0.2) is 0 Å². The SMILES string of the molecule is CC(C)c1oc(N)nc1-c1ccccc1Br. The van der Waals surface area contributed by atoms with E-state index in [9.17, 15) is 0 Å². The molecule has 0 fully saturated rings. The van der Waals surface area contributed by atoms with Gasteiger partial charge in [0.05, 0.1) is 0 Å². The molecule has 84 valence electrons. The number of halogens is 1. The van der Waals surface area contributed by atoms with Gasteiger partial charge in [-0.15, -0.1) is 0 Å². The monoisotopic (exact) mass is 280 g/mol. The summed E-state index contributed by atoms with van der Waals surface area (Å²) in [6.07, 6.45) is 0. The molecular formula is C12H13BrN2O. The van der Waals surface area contributed by atoms with Gasteiger partial charge < -0.3 is 10.2 Å². The maximum atomic E-state index is 5.61. The fourth-order valence-electron chi connectivity index (χ4n) is 1.59. The Kier molecular flexibility index (Phi) is 3.01. The van der Waals surface area contributed by atoms with Gasteiger partial charge in [0.2, 0.25) is 0 Å². The molecule has 1 aromatic heterocycles. The molecular weight excluding hydrogens is 268 g/mol. The summed E-state index contributed by atoms with van der Waals surface area (Å²) in [6.45, 7) is 4.11. The van der Waals surface area contributed by atoms with Crippen LogP contribution in [-0.4, -0.2) is 4.98 Å². The van der Waals surface area contributed by atoms with E-state index in [0.717, 1.165) is 21.5 Å². The molecule has 0 aliphatic carbocycles. The summed E-state index contributed by atoms with van der Waals surface area (Å²) in [5.74, 6) is 1.08. The molecule has 1 aromatic carbocycles. The normalized spacial score (nSPS) is 11.0. The van der Waals surface area contributed by atoms with Crippen molar-refractivity contribution in [1.82, 2.24) is 4.98 Å². The second kappa shape index (κ2) is 4.29. The highest BCUT2D eigenvalue weighted by atomic mass is 79.9. The number of nitrogens with zero attached hydrogens (tertiary/aromatic N) is 1. The first-order chi connectivity index (χ1) is 7.59. The summed E-state index contributed by atoms with van der Waals surface area (Å²) in [6, 6.07) is 8.12. The van der Waals surface area contributed by atoms with Crippen molar-refractivity contribution in [3.8, 4) is 11.3 Å². The lowest BCUT2D eigenvalue weighted by Crippen LogP contribution is -1.89. The predicted octanol–water partition coefficient (Wildman–Crippen LogP) is 3.81. The van der Waals surface area contributed by atoms with E-state index in [-0.39, 0.29) is 11.9 Å². The predicted molar refractivity (Wildman–Crippen MR) is 68.1 cm³/mol. The van der Waals surface area contributed by atoms with Gasteiger partial charge >= 0.3 is 0 Å². The average molecular weight is 281 g/mol. The maximum absolute atomic E-state index is 5.61. The molecule has 4 heteroatoms. The van der Waals surface area contributed by atoms with Gasteiger partial charge in [0, 0.05) is 16.0 Å². The van der Waals surface area contributed by atoms with Gasteiger partial charge in [-0.25, -0.2) is 0 Å². The molecule has 0 amide bonds. The van der Waals surface area contributed by atoms with Crippen LogP contribution in [0.2, 0.25) is 0 Å². The van der Waals surface area contributed by atoms with E-state index >= 15 is 0 Å². The number of nitrogens with two attached hydrogens (primary N) is 1. The lowest BCUT2D eigenvalue weighted by atomic mass is 10.0. The molecule has 0 atom stereocenters. The second-order valence-electron chi connectivity index (χ2n) is 3.90.